The number of methoxy groups -OCH3 is 1. The Kier molecular flexibility index (Phi) is 7.57. The number of ether oxygens (including phenoxy) is 1. The molecule has 0 radical (unpaired) electrons. The van der Waals surface area contributed by atoms with Crippen molar-refractivity contribution in [3.63, 3.8) is 0 Å². The van der Waals surface area contributed by atoms with Crippen LogP contribution in [-0.4, -0.2) is 50.7 Å². The summed E-state index contributed by atoms with van der Waals surface area (Å²) in [5, 5.41) is 0.822. The lowest BCUT2D eigenvalue weighted by Gasteiger charge is -2.37. The zero-order valence-electron chi connectivity index (χ0n) is 17.4. The Morgan fingerprint density at radius 1 is 1.03 bits per heavy atom. The molecule has 1 saturated heterocycles. The minimum atomic E-state index is -0.201. The predicted octanol–water partition coefficient (Wildman–Crippen LogP) is 4.76. The minimum Gasteiger partial charge on any atom is -0.469 e. The molecule has 156 valence electrons. The van der Waals surface area contributed by atoms with Crippen LogP contribution in [0.3, 0.4) is 0 Å². The molecule has 2 aromatic rings. The normalized spacial score (nSPS) is 17.0. The van der Waals surface area contributed by atoms with Gasteiger partial charge in [0.1, 0.15) is 0 Å². The number of esters is 1. The van der Waals surface area contributed by atoms with Crippen LogP contribution in [0.1, 0.15) is 31.7 Å². The summed E-state index contributed by atoms with van der Waals surface area (Å²) in [6.45, 7) is 7.26. The van der Waals surface area contributed by atoms with Crippen molar-refractivity contribution in [1.82, 2.24) is 4.90 Å². The van der Waals surface area contributed by atoms with Gasteiger partial charge in [0.05, 0.1) is 24.2 Å². The van der Waals surface area contributed by atoms with Crippen LogP contribution in [0.2, 0.25) is 5.02 Å². The zero-order valence-corrected chi connectivity index (χ0v) is 18.2. The largest absolute Gasteiger partial charge is 0.469 e. The van der Waals surface area contributed by atoms with Gasteiger partial charge in [-0.25, -0.2) is 0 Å². The number of halogens is 1. The number of carbonyl (C=O) groups is 1. The number of hydrogen-bond acceptors (Lipinski definition) is 4. The van der Waals surface area contributed by atoms with Crippen molar-refractivity contribution in [2.24, 2.45) is 0 Å². The molecule has 0 amide bonds. The number of rotatable bonds is 8. The SMILES string of the molecule is COC(=O)CC(C)(CCCN1CCN(c2ccccc2Cl)CC1)c1ccccc1. The van der Waals surface area contributed by atoms with Crippen molar-refractivity contribution in [3.05, 3.63) is 65.2 Å². The van der Waals surface area contributed by atoms with E-state index in [0.717, 1.165) is 56.3 Å². The van der Waals surface area contributed by atoms with Gasteiger partial charge in [0.25, 0.3) is 0 Å². The maximum Gasteiger partial charge on any atom is 0.306 e. The van der Waals surface area contributed by atoms with Crippen molar-refractivity contribution in [2.75, 3.05) is 44.7 Å². The quantitative estimate of drug-likeness (QED) is 0.583. The summed E-state index contributed by atoms with van der Waals surface area (Å²) in [6, 6.07) is 18.4. The highest BCUT2D eigenvalue weighted by atomic mass is 35.5. The maximum absolute atomic E-state index is 12.0. The second-order valence-electron chi connectivity index (χ2n) is 8.06. The number of benzene rings is 2. The summed E-state index contributed by atoms with van der Waals surface area (Å²) < 4.78 is 4.96. The first-order valence-electron chi connectivity index (χ1n) is 10.4. The van der Waals surface area contributed by atoms with Gasteiger partial charge < -0.3 is 9.64 Å². The predicted molar refractivity (Wildman–Crippen MR) is 120 cm³/mol. The van der Waals surface area contributed by atoms with Crippen LogP contribution < -0.4 is 4.90 Å². The lowest BCUT2D eigenvalue weighted by atomic mass is 9.76. The molecule has 0 aromatic heterocycles. The third kappa shape index (κ3) is 5.74. The monoisotopic (exact) mass is 414 g/mol. The highest BCUT2D eigenvalue weighted by Crippen LogP contribution is 2.33. The first kappa shape index (κ1) is 21.7. The molecule has 1 aliphatic heterocycles. The average molecular weight is 415 g/mol. The van der Waals surface area contributed by atoms with Crippen LogP contribution in [0.25, 0.3) is 0 Å². The molecule has 3 rings (SSSR count). The number of nitrogens with zero attached hydrogens (tertiary/aromatic N) is 2. The van der Waals surface area contributed by atoms with Gasteiger partial charge in [-0.3, -0.25) is 9.69 Å². The molecule has 1 fully saturated rings. The lowest BCUT2D eigenvalue weighted by Crippen LogP contribution is -2.47. The molecule has 1 unspecified atom stereocenters. The van der Waals surface area contributed by atoms with Crippen LogP contribution in [-0.2, 0) is 14.9 Å². The molecular formula is C24H31ClN2O2. The fraction of sp³-hybridized carbons (Fsp3) is 0.458. The van der Waals surface area contributed by atoms with Crippen LogP contribution in [0.5, 0.6) is 0 Å². The highest BCUT2D eigenvalue weighted by molar-refractivity contribution is 6.33. The number of anilines is 1. The van der Waals surface area contributed by atoms with Crippen LogP contribution in [0.4, 0.5) is 5.69 Å². The third-order valence-corrected chi connectivity index (χ3v) is 6.32. The molecule has 0 aliphatic carbocycles. The summed E-state index contributed by atoms with van der Waals surface area (Å²) in [5.41, 5.74) is 2.13. The van der Waals surface area contributed by atoms with E-state index in [1.165, 1.54) is 12.7 Å². The van der Waals surface area contributed by atoms with E-state index in [1.807, 2.05) is 36.4 Å². The first-order valence-corrected chi connectivity index (χ1v) is 10.7. The molecule has 0 bridgehead atoms. The van der Waals surface area contributed by atoms with Crippen LogP contribution >= 0.6 is 11.6 Å². The smallest absolute Gasteiger partial charge is 0.306 e. The Morgan fingerprint density at radius 3 is 2.34 bits per heavy atom. The van der Waals surface area contributed by atoms with Crippen molar-refractivity contribution >= 4 is 23.3 Å². The molecule has 1 atom stereocenters. The van der Waals surface area contributed by atoms with Gasteiger partial charge in [-0.1, -0.05) is 61.0 Å². The second kappa shape index (κ2) is 10.1. The fourth-order valence-corrected chi connectivity index (χ4v) is 4.43. The summed E-state index contributed by atoms with van der Waals surface area (Å²) in [7, 11) is 1.46. The molecule has 1 aliphatic rings. The van der Waals surface area contributed by atoms with Crippen molar-refractivity contribution in [3.8, 4) is 0 Å². The molecule has 1 heterocycles. The molecule has 5 heteroatoms. The molecule has 29 heavy (non-hydrogen) atoms. The fourth-order valence-electron chi connectivity index (χ4n) is 4.18. The van der Waals surface area contributed by atoms with E-state index in [9.17, 15) is 4.79 Å². The third-order valence-electron chi connectivity index (χ3n) is 6.00. The van der Waals surface area contributed by atoms with Gasteiger partial charge in [-0.15, -0.1) is 0 Å². The first-order chi connectivity index (χ1) is 14.0. The summed E-state index contributed by atoms with van der Waals surface area (Å²) >= 11 is 6.35. The van der Waals surface area contributed by atoms with Crippen LogP contribution in [0, 0.1) is 0 Å². The van der Waals surface area contributed by atoms with E-state index in [2.05, 4.69) is 34.9 Å². The van der Waals surface area contributed by atoms with Crippen molar-refractivity contribution < 1.29 is 9.53 Å². The Morgan fingerprint density at radius 2 is 1.69 bits per heavy atom. The molecule has 2 aromatic carbocycles. The molecular weight excluding hydrogens is 384 g/mol. The number of hydrogen-bond donors (Lipinski definition) is 0. The molecule has 0 N–H and O–H groups in total. The van der Waals surface area contributed by atoms with Gasteiger partial charge in [-0.05, 0) is 37.1 Å². The summed E-state index contributed by atoms with van der Waals surface area (Å²) in [6.07, 6.45) is 2.42. The summed E-state index contributed by atoms with van der Waals surface area (Å²) in [4.78, 5) is 16.9. The zero-order chi connectivity index (χ0) is 20.7. The van der Waals surface area contributed by atoms with Gasteiger partial charge in [0.2, 0.25) is 0 Å². The van der Waals surface area contributed by atoms with E-state index in [0.29, 0.717) is 6.42 Å². The summed E-state index contributed by atoms with van der Waals surface area (Å²) in [5.74, 6) is -0.148. The van der Waals surface area contributed by atoms with E-state index in [-0.39, 0.29) is 11.4 Å². The average Bonchev–Trinajstić information content (AvgIpc) is 2.75. The topological polar surface area (TPSA) is 32.8 Å². The minimum absolute atomic E-state index is 0.148. The molecule has 4 nitrogen and oxygen atoms in total. The Balaban J connectivity index is 1.53. The highest BCUT2D eigenvalue weighted by Gasteiger charge is 2.30. The molecule has 0 saturated carbocycles. The van der Waals surface area contributed by atoms with E-state index < -0.39 is 0 Å². The Hall–Kier alpha value is -2.04. The van der Waals surface area contributed by atoms with E-state index >= 15 is 0 Å². The van der Waals surface area contributed by atoms with E-state index in [1.54, 1.807) is 0 Å². The van der Waals surface area contributed by atoms with Crippen molar-refractivity contribution in [1.29, 1.82) is 0 Å². The van der Waals surface area contributed by atoms with E-state index in [4.69, 9.17) is 16.3 Å². The Labute approximate surface area is 179 Å². The van der Waals surface area contributed by atoms with Crippen molar-refractivity contribution in [2.45, 2.75) is 31.6 Å². The van der Waals surface area contributed by atoms with Gasteiger partial charge in [0, 0.05) is 31.6 Å². The standard InChI is InChI=1S/C24H31ClN2O2/c1-24(19-23(28)29-2,20-9-4-3-5-10-20)13-8-14-26-15-17-27(18-16-26)22-12-7-6-11-21(22)25/h3-7,9-12H,8,13-19H2,1-2H3. The van der Waals surface area contributed by atoms with Gasteiger partial charge in [0.15, 0.2) is 0 Å². The number of para-hydroxylation sites is 1. The van der Waals surface area contributed by atoms with Gasteiger partial charge in [-0.2, -0.15) is 0 Å². The van der Waals surface area contributed by atoms with Crippen LogP contribution in [0.15, 0.2) is 54.6 Å². The second-order valence-corrected chi connectivity index (χ2v) is 8.47. The lowest BCUT2D eigenvalue weighted by molar-refractivity contribution is -0.142. The maximum atomic E-state index is 12.0. The number of carbonyl (C=O) groups excluding carboxylic acids is 1. The van der Waals surface area contributed by atoms with Gasteiger partial charge >= 0.3 is 5.97 Å². The Bertz CT molecular complexity index is 790. The number of piperazine rings is 1. The molecule has 0 spiro atoms.